The van der Waals surface area contributed by atoms with Crippen molar-refractivity contribution >= 4 is 23.3 Å². The summed E-state index contributed by atoms with van der Waals surface area (Å²) in [6, 6.07) is 12.2. The Bertz CT molecular complexity index is 724. The second-order valence-corrected chi connectivity index (χ2v) is 5.79. The van der Waals surface area contributed by atoms with Gasteiger partial charge < -0.3 is 9.64 Å². The van der Waals surface area contributed by atoms with Crippen LogP contribution >= 0.6 is 11.6 Å². The third-order valence-corrected chi connectivity index (χ3v) is 3.64. The topological polar surface area (TPSA) is 46.6 Å². The summed E-state index contributed by atoms with van der Waals surface area (Å²) in [5.74, 6) is 0.435. The standard InChI is InChI=1S/C18H18ClNO3/c1-12(21)15-8-9-17(16(19)10-15)23-11-13-4-6-14(7-5-13)18(22)20(2)3/h4-10H,11H2,1-3H3. The molecule has 0 aliphatic rings. The van der Waals surface area contributed by atoms with Crippen molar-refractivity contribution in [3.63, 3.8) is 0 Å². The monoisotopic (exact) mass is 331 g/mol. The number of halogens is 1. The molecule has 2 aromatic rings. The fourth-order valence-corrected chi connectivity index (χ4v) is 2.23. The number of Topliss-reactive ketones (excluding diaryl/α,β-unsaturated/α-hetero) is 1. The van der Waals surface area contributed by atoms with E-state index in [1.165, 1.54) is 11.8 Å². The first-order valence-electron chi connectivity index (χ1n) is 7.12. The van der Waals surface area contributed by atoms with Crippen molar-refractivity contribution in [2.24, 2.45) is 0 Å². The minimum absolute atomic E-state index is 0.0414. The van der Waals surface area contributed by atoms with Crippen LogP contribution in [-0.4, -0.2) is 30.7 Å². The summed E-state index contributed by atoms with van der Waals surface area (Å²) in [4.78, 5) is 24.6. The molecule has 0 saturated heterocycles. The van der Waals surface area contributed by atoms with E-state index in [0.29, 0.717) is 28.5 Å². The quantitative estimate of drug-likeness (QED) is 0.782. The fourth-order valence-electron chi connectivity index (χ4n) is 2.00. The van der Waals surface area contributed by atoms with Crippen LogP contribution in [0.2, 0.25) is 5.02 Å². The predicted octanol–water partition coefficient (Wildman–Crippen LogP) is 3.82. The largest absolute Gasteiger partial charge is 0.487 e. The molecule has 2 aromatic carbocycles. The summed E-state index contributed by atoms with van der Waals surface area (Å²) in [7, 11) is 3.43. The lowest BCUT2D eigenvalue weighted by Gasteiger charge is -2.11. The number of ketones is 1. The van der Waals surface area contributed by atoms with Crippen LogP contribution < -0.4 is 4.74 Å². The first-order chi connectivity index (χ1) is 10.9. The van der Waals surface area contributed by atoms with Crippen LogP contribution in [0.3, 0.4) is 0 Å². The van der Waals surface area contributed by atoms with E-state index in [-0.39, 0.29) is 11.7 Å². The van der Waals surface area contributed by atoms with Crippen molar-refractivity contribution in [1.29, 1.82) is 0 Å². The van der Waals surface area contributed by atoms with Gasteiger partial charge in [0.1, 0.15) is 12.4 Å². The summed E-state index contributed by atoms with van der Waals surface area (Å²) in [5, 5.41) is 0.400. The van der Waals surface area contributed by atoms with Gasteiger partial charge in [0.15, 0.2) is 5.78 Å². The molecule has 5 heteroatoms. The average molecular weight is 332 g/mol. The number of hydrogen-bond acceptors (Lipinski definition) is 3. The number of ether oxygens (including phenoxy) is 1. The Morgan fingerprint density at radius 1 is 1.04 bits per heavy atom. The second kappa shape index (κ2) is 7.29. The van der Waals surface area contributed by atoms with Gasteiger partial charge in [-0.25, -0.2) is 0 Å². The first-order valence-corrected chi connectivity index (χ1v) is 7.50. The summed E-state index contributed by atoms with van der Waals surface area (Å²) in [6.45, 7) is 1.82. The zero-order chi connectivity index (χ0) is 17.0. The Labute approximate surface area is 140 Å². The number of carbonyl (C=O) groups is 2. The lowest BCUT2D eigenvalue weighted by molar-refractivity contribution is 0.0827. The molecule has 0 fully saturated rings. The van der Waals surface area contributed by atoms with Crippen molar-refractivity contribution in [2.45, 2.75) is 13.5 Å². The molecule has 0 unspecified atom stereocenters. The number of hydrogen-bond donors (Lipinski definition) is 0. The summed E-state index contributed by atoms with van der Waals surface area (Å²) >= 11 is 6.11. The minimum atomic E-state index is -0.0420. The maximum atomic E-state index is 11.8. The molecule has 23 heavy (non-hydrogen) atoms. The van der Waals surface area contributed by atoms with Gasteiger partial charge in [-0.05, 0) is 42.8 Å². The smallest absolute Gasteiger partial charge is 0.253 e. The van der Waals surface area contributed by atoms with Crippen LogP contribution in [0.25, 0.3) is 0 Å². The van der Waals surface area contributed by atoms with Gasteiger partial charge in [-0.3, -0.25) is 9.59 Å². The van der Waals surface area contributed by atoms with Gasteiger partial charge in [-0.2, -0.15) is 0 Å². The van der Waals surface area contributed by atoms with Gasteiger partial charge in [-0.15, -0.1) is 0 Å². The van der Waals surface area contributed by atoms with E-state index in [1.807, 2.05) is 12.1 Å². The van der Waals surface area contributed by atoms with E-state index in [9.17, 15) is 9.59 Å². The lowest BCUT2D eigenvalue weighted by Crippen LogP contribution is -2.21. The van der Waals surface area contributed by atoms with E-state index >= 15 is 0 Å². The zero-order valence-corrected chi connectivity index (χ0v) is 14.1. The number of amides is 1. The van der Waals surface area contributed by atoms with Gasteiger partial charge in [0.2, 0.25) is 0 Å². The van der Waals surface area contributed by atoms with E-state index in [1.54, 1.807) is 44.4 Å². The minimum Gasteiger partial charge on any atom is -0.487 e. The van der Waals surface area contributed by atoms with Crippen molar-refractivity contribution in [3.8, 4) is 5.75 Å². The highest BCUT2D eigenvalue weighted by Crippen LogP contribution is 2.26. The van der Waals surface area contributed by atoms with Crippen LogP contribution in [0.5, 0.6) is 5.75 Å². The average Bonchev–Trinajstić information content (AvgIpc) is 2.53. The van der Waals surface area contributed by atoms with Gasteiger partial charge in [0, 0.05) is 25.2 Å². The lowest BCUT2D eigenvalue weighted by atomic mass is 10.1. The summed E-state index contributed by atoms with van der Waals surface area (Å²) < 4.78 is 5.67. The molecule has 0 aliphatic heterocycles. The van der Waals surface area contributed by atoms with Crippen molar-refractivity contribution in [2.75, 3.05) is 14.1 Å². The SMILES string of the molecule is CC(=O)c1ccc(OCc2ccc(C(=O)N(C)C)cc2)c(Cl)c1. The molecule has 120 valence electrons. The first kappa shape index (κ1) is 17.0. The van der Waals surface area contributed by atoms with Gasteiger partial charge in [0.25, 0.3) is 5.91 Å². The molecule has 4 nitrogen and oxygen atoms in total. The molecular formula is C18H18ClNO3. The molecule has 2 rings (SSSR count). The number of benzene rings is 2. The van der Waals surface area contributed by atoms with Crippen LogP contribution in [0.4, 0.5) is 0 Å². The zero-order valence-electron chi connectivity index (χ0n) is 13.3. The molecule has 0 saturated carbocycles. The Morgan fingerprint density at radius 3 is 2.17 bits per heavy atom. The molecule has 0 aliphatic carbocycles. The Kier molecular flexibility index (Phi) is 5.40. The molecule has 0 bridgehead atoms. The maximum Gasteiger partial charge on any atom is 0.253 e. The van der Waals surface area contributed by atoms with Gasteiger partial charge >= 0.3 is 0 Å². The van der Waals surface area contributed by atoms with Gasteiger partial charge in [0.05, 0.1) is 5.02 Å². The maximum absolute atomic E-state index is 11.8. The highest BCUT2D eigenvalue weighted by molar-refractivity contribution is 6.32. The molecule has 0 atom stereocenters. The molecule has 0 spiro atoms. The van der Waals surface area contributed by atoms with E-state index < -0.39 is 0 Å². The van der Waals surface area contributed by atoms with E-state index in [4.69, 9.17) is 16.3 Å². The molecular weight excluding hydrogens is 314 g/mol. The predicted molar refractivity (Wildman–Crippen MR) is 90.2 cm³/mol. The third kappa shape index (κ3) is 4.33. The molecule has 0 N–H and O–H groups in total. The van der Waals surface area contributed by atoms with Crippen LogP contribution in [0.1, 0.15) is 33.2 Å². The molecule has 0 radical (unpaired) electrons. The summed E-state index contributed by atoms with van der Waals surface area (Å²) in [5.41, 5.74) is 2.10. The van der Waals surface area contributed by atoms with E-state index in [2.05, 4.69) is 0 Å². The molecule has 0 aromatic heterocycles. The third-order valence-electron chi connectivity index (χ3n) is 3.34. The van der Waals surface area contributed by atoms with Crippen molar-refractivity contribution in [1.82, 2.24) is 4.90 Å². The summed E-state index contributed by atoms with van der Waals surface area (Å²) in [6.07, 6.45) is 0. The molecule has 1 amide bonds. The highest BCUT2D eigenvalue weighted by Gasteiger charge is 2.09. The molecule has 0 heterocycles. The Hall–Kier alpha value is -2.33. The highest BCUT2D eigenvalue weighted by atomic mass is 35.5. The van der Waals surface area contributed by atoms with Crippen LogP contribution in [-0.2, 0) is 6.61 Å². The van der Waals surface area contributed by atoms with Crippen molar-refractivity contribution in [3.05, 3.63) is 64.2 Å². The second-order valence-electron chi connectivity index (χ2n) is 5.39. The van der Waals surface area contributed by atoms with Crippen LogP contribution in [0, 0.1) is 0 Å². The van der Waals surface area contributed by atoms with E-state index in [0.717, 1.165) is 5.56 Å². The Morgan fingerprint density at radius 2 is 1.65 bits per heavy atom. The number of nitrogens with zero attached hydrogens (tertiary/aromatic N) is 1. The fraction of sp³-hybridized carbons (Fsp3) is 0.222. The number of rotatable bonds is 5. The normalized spacial score (nSPS) is 10.3. The Balaban J connectivity index is 2.04. The van der Waals surface area contributed by atoms with Crippen LogP contribution in [0.15, 0.2) is 42.5 Å². The van der Waals surface area contributed by atoms with Crippen molar-refractivity contribution < 1.29 is 14.3 Å². The van der Waals surface area contributed by atoms with Gasteiger partial charge in [-0.1, -0.05) is 23.7 Å². The number of carbonyl (C=O) groups excluding carboxylic acids is 2.